The summed E-state index contributed by atoms with van der Waals surface area (Å²) in [5.74, 6) is 0.402. The number of nitrogens with zero attached hydrogens (tertiary/aromatic N) is 3. The third-order valence-corrected chi connectivity index (χ3v) is 4.27. The van der Waals surface area contributed by atoms with Crippen LogP contribution in [0.4, 0.5) is 23.7 Å². The summed E-state index contributed by atoms with van der Waals surface area (Å²) in [5.41, 5.74) is -0.450. The fourth-order valence-corrected chi connectivity index (χ4v) is 2.78. The molecule has 0 aliphatic carbocycles. The molecule has 2 amide bonds. The normalized spacial score (nSPS) is 15.2. The molecule has 2 aromatic rings. The molecular formula is C18H19F3N4O3. The first kappa shape index (κ1) is 19.7. The minimum atomic E-state index is -4.40. The Bertz CT molecular complexity index is 806. The average Bonchev–Trinajstić information content (AvgIpc) is 2.68. The number of hydrogen-bond acceptors (Lipinski definition) is 5. The van der Waals surface area contributed by atoms with Gasteiger partial charge in [-0.05, 0) is 24.3 Å². The van der Waals surface area contributed by atoms with Gasteiger partial charge in [-0.2, -0.15) is 18.2 Å². The Labute approximate surface area is 159 Å². The molecule has 150 valence electrons. The van der Waals surface area contributed by atoms with E-state index in [0.29, 0.717) is 37.5 Å². The summed E-state index contributed by atoms with van der Waals surface area (Å²) in [7, 11) is 1.47. The molecule has 1 aromatic carbocycles. The summed E-state index contributed by atoms with van der Waals surface area (Å²) < 4.78 is 48.5. The van der Waals surface area contributed by atoms with Crippen molar-refractivity contribution in [2.45, 2.75) is 25.1 Å². The van der Waals surface area contributed by atoms with E-state index in [1.165, 1.54) is 25.4 Å². The predicted molar refractivity (Wildman–Crippen MR) is 94.3 cm³/mol. The second kappa shape index (κ2) is 8.32. The van der Waals surface area contributed by atoms with Crippen molar-refractivity contribution in [3.05, 3.63) is 42.1 Å². The van der Waals surface area contributed by atoms with Crippen LogP contribution in [-0.4, -0.2) is 47.2 Å². The second-order valence-electron chi connectivity index (χ2n) is 6.19. The van der Waals surface area contributed by atoms with Gasteiger partial charge in [0.1, 0.15) is 6.10 Å². The highest BCUT2D eigenvalue weighted by Gasteiger charge is 2.30. The van der Waals surface area contributed by atoms with E-state index < -0.39 is 11.7 Å². The Morgan fingerprint density at radius 3 is 2.46 bits per heavy atom. The monoisotopic (exact) mass is 396 g/mol. The highest BCUT2D eigenvalue weighted by atomic mass is 19.4. The van der Waals surface area contributed by atoms with Gasteiger partial charge in [0.25, 0.3) is 0 Å². The maximum absolute atomic E-state index is 12.6. The van der Waals surface area contributed by atoms with Gasteiger partial charge in [0.2, 0.25) is 5.88 Å². The minimum Gasteiger partial charge on any atom is -0.474 e. The van der Waals surface area contributed by atoms with Crippen LogP contribution in [0.2, 0.25) is 0 Å². The Kier molecular flexibility index (Phi) is 5.86. The molecule has 1 saturated heterocycles. The van der Waals surface area contributed by atoms with Crippen molar-refractivity contribution in [1.29, 1.82) is 0 Å². The van der Waals surface area contributed by atoms with Crippen molar-refractivity contribution in [2.24, 2.45) is 0 Å². The number of rotatable bonds is 4. The second-order valence-corrected chi connectivity index (χ2v) is 6.19. The zero-order chi connectivity index (χ0) is 20.1. The lowest BCUT2D eigenvalue weighted by Gasteiger charge is -2.31. The molecule has 7 nitrogen and oxygen atoms in total. The number of aromatic nitrogens is 2. The molecule has 3 rings (SSSR count). The van der Waals surface area contributed by atoms with Crippen LogP contribution in [0.25, 0.3) is 0 Å². The highest BCUT2D eigenvalue weighted by molar-refractivity contribution is 5.89. The largest absolute Gasteiger partial charge is 0.474 e. The molecular weight excluding hydrogens is 377 g/mol. The number of urea groups is 1. The van der Waals surface area contributed by atoms with Crippen LogP contribution in [-0.2, 0) is 6.18 Å². The number of anilines is 1. The van der Waals surface area contributed by atoms with E-state index in [-0.39, 0.29) is 18.1 Å². The van der Waals surface area contributed by atoms with Gasteiger partial charge in [0, 0.05) is 43.9 Å². The number of likely N-dealkylation sites (tertiary alicyclic amines) is 1. The van der Waals surface area contributed by atoms with Gasteiger partial charge in [-0.1, -0.05) is 0 Å². The fourth-order valence-electron chi connectivity index (χ4n) is 2.78. The molecule has 1 aliphatic rings. The van der Waals surface area contributed by atoms with E-state index >= 15 is 0 Å². The zero-order valence-electron chi connectivity index (χ0n) is 15.1. The van der Waals surface area contributed by atoms with Crippen molar-refractivity contribution in [1.82, 2.24) is 14.9 Å². The summed E-state index contributed by atoms with van der Waals surface area (Å²) in [6.07, 6.45) is -1.76. The lowest BCUT2D eigenvalue weighted by Crippen LogP contribution is -2.43. The summed E-state index contributed by atoms with van der Waals surface area (Å²) in [5, 5.41) is 2.61. The Hall–Kier alpha value is -3.04. The lowest BCUT2D eigenvalue weighted by atomic mass is 10.1. The number of halogens is 3. The molecule has 28 heavy (non-hydrogen) atoms. The highest BCUT2D eigenvalue weighted by Crippen LogP contribution is 2.30. The van der Waals surface area contributed by atoms with E-state index in [9.17, 15) is 18.0 Å². The summed E-state index contributed by atoms with van der Waals surface area (Å²) in [6.45, 7) is 0.915. The van der Waals surface area contributed by atoms with Gasteiger partial charge >= 0.3 is 18.2 Å². The smallest absolute Gasteiger partial charge is 0.416 e. The van der Waals surface area contributed by atoms with Gasteiger partial charge in [-0.15, -0.1) is 0 Å². The Morgan fingerprint density at radius 1 is 1.18 bits per heavy atom. The fraction of sp³-hybridized carbons (Fsp3) is 0.389. The van der Waals surface area contributed by atoms with Gasteiger partial charge in [0.15, 0.2) is 0 Å². The number of benzene rings is 1. The van der Waals surface area contributed by atoms with Gasteiger partial charge < -0.3 is 19.7 Å². The number of piperidine rings is 1. The molecule has 10 heteroatoms. The first-order chi connectivity index (χ1) is 13.3. The molecule has 0 atom stereocenters. The van der Waals surface area contributed by atoms with Crippen molar-refractivity contribution in [2.75, 3.05) is 25.5 Å². The van der Waals surface area contributed by atoms with Crippen molar-refractivity contribution in [3.63, 3.8) is 0 Å². The zero-order valence-corrected chi connectivity index (χ0v) is 15.1. The first-order valence-corrected chi connectivity index (χ1v) is 8.62. The molecule has 0 bridgehead atoms. The predicted octanol–water partition coefficient (Wildman–Crippen LogP) is 3.58. The van der Waals surface area contributed by atoms with E-state index in [1.54, 1.807) is 11.0 Å². The molecule has 2 heterocycles. The quantitative estimate of drug-likeness (QED) is 0.855. The number of methoxy groups -OCH3 is 1. The van der Waals surface area contributed by atoms with Crippen molar-refractivity contribution >= 4 is 11.7 Å². The van der Waals surface area contributed by atoms with Gasteiger partial charge in [0.05, 0.1) is 12.7 Å². The van der Waals surface area contributed by atoms with Gasteiger partial charge in [-0.3, -0.25) is 0 Å². The van der Waals surface area contributed by atoms with Crippen LogP contribution in [0.15, 0.2) is 36.5 Å². The summed E-state index contributed by atoms with van der Waals surface area (Å²) >= 11 is 0. The molecule has 1 fully saturated rings. The molecule has 0 radical (unpaired) electrons. The lowest BCUT2D eigenvalue weighted by molar-refractivity contribution is -0.137. The standard InChI is InChI=1S/C18H19F3N4O3/c1-27-16-22-9-6-15(24-16)28-14-7-10-25(11-8-14)17(26)23-13-4-2-12(3-5-13)18(19,20)21/h2-6,9,14H,7-8,10-11H2,1H3,(H,23,26). The van der Waals surface area contributed by atoms with Crippen LogP contribution in [0.5, 0.6) is 11.9 Å². The summed E-state index contributed by atoms with van der Waals surface area (Å²) in [6, 6.07) is 5.83. The van der Waals surface area contributed by atoms with E-state index in [1.807, 2.05) is 0 Å². The number of carbonyl (C=O) groups excluding carboxylic acids is 1. The number of hydrogen-bond donors (Lipinski definition) is 1. The first-order valence-electron chi connectivity index (χ1n) is 8.62. The Morgan fingerprint density at radius 2 is 1.86 bits per heavy atom. The van der Waals surface area contributed by atoms with Crippen molar-refractivity contribution < 1.29 is 27.4 Å². The van der Waals surface area contributed by atoms with Gasteiger partial charge in [-0.25, -0.2) is 9.78 Å². The van der Waals surface area contributed by atoms with Crippen LogP contribution >= 0.6 is 0 Å². The molecule has 1 aliphatic heterocycles. The average molecular weight is 396 g/mol. The number of ether oxygens (including phenoxy) is 2. The number of carbonyl (C=O) groups is 1. The third kappa shape index (κ3) is 5.02. The van der Waals surface area contributed by atoms with Crippen LogP contribution in [0.1, 0.15) is 18.4 Å². The molecule has 0 saturated carbocycles. The number of amides is 2. The SMILES string of the molecule is COc1nccc(OC2CCN(C(=O)Nc3ccc(C(F)(F)F)cc3)CC2)n1. The van der Waals surface area contributed by atoms with Crippen LogP contribution < -0.4 is 14.8 Å². The topological polar surface area (TPSA) is 76.6 Å². The maximum atomic E-state index is 12.6. The van der Waals surface area contributed by atoms with E-state index in [2.05, 4.69) is 15.3 Å². The van der Waals surface area contributed by atoms with E-state index in [4.69, 9.17) is 9.47 Å². The minimum absolute atomic E-state index is 0.102. The molecule has 0 spiro atoms. The molecule has 1 N–H and O–H groups in total. The molecule has 1 aromatic heterocycles. The maximum Gasteiger partial charge on any atom is 0.416 e. The Balaban J connectivity index is 1.49. The summed E-state index contributed by atoms with van der Waals surface area (Å²) in [4.78, 5) is 21.9. The van der Waals surface area contributed by atoms with Crippen LogP contribution in [0.3, 0.4) is 0 Å². The van der Waals surface area contributed by atoms with Crippen LogP contribution in [0, 0.1) is 0 Å². The molecule has 0 unspecified atom stereocenters. The number of alkyl halides is 3. The third-order valence-electron chi connectivity index (χ3n) is 4.27. The van der Waals surface area contributed by atoms with E-state index in [0.717, 1.165) is 12.1 Å². The number of nitrogens with one attached hydrogen (secondary N) is 1. The van der Waals surface area contributed by atoms with Crippen molar-refractivity contribution in [3.8, 4) is 11.9 Å².